The van der Waals surface area contributed by atoms with Crippen LogP contribution in [0.2, 0.25) is 0 Å². The minimum absolute atomic E-state index is 0.0464. The van der Waals surface area contributed by atoms with Gasteiger partial charge in [0.25, 0.3) is 0 Å². The van der Waals surface area contributed by atoms with E-state index in [4.69, 9.17) is 9.47 Å². The fourth-order valence-corrected chi connectivity index (χ4v) is 2.30. The molecule has 2 aromatic carbocycles. The van der Waals surface area contributed by atoms with Crippen molar-refractivity contribution in [1.82, 2.24) is 5.43 Å². The van der Waals surface area contributed by atoms with Gasteiger partial charge in [-0.25, -0.2) is 5.43 Å². The van der Waals surface area contributed by atoms with Crippen molar-refractivity contribution in [3.8, 4) is 11.5 Å². The SMILES string of the molecule is COc1ccc(/C=N\NC(=O)C(=O)Nc2ccc(C)cc2)c(C(=O)[O-])c1OC. The lowest BCUT2D eigenvalue weighted by atomic mass is 10.1. The van der Waals surface area contributed by atoms with Gasteiger partial charge in [0.15, 0.2) is 11.5 Å². The molecule has 9 heteroatoms. The van der Waals surface area contributed by atoms with Gasteiger partial charge >= 0.3 is 11.8 Å². The van der Waals surface area contributed by atoms with Crippen LogP contribution in [0.15, 0.2) is 41.5 Å². The molecule has 28 heavy (non-hydrogen) atoms. The van der Waals surface area contributed by atoms with Gasteiger partial charge in [-0.3, -0.25) is 9.59 Å². The summed E-state index contributed by atoms with van der Waals surface area (Å²) in [5, 5.41) is 17.5. The zero-order valence-electron chi connectivity index (χ0n) is 15.4. The number of aryl methyl sites for hydroxylation is 1. The fourth-order valence-electron chi connectivity index (χ4n) is 2.30. The van der Waals surface area contributed by atoms with E-state index in [1.54, 1.807) is 24.3 Å². The van der Waals surface area contributed by atoms with E-state index in [0.29, 0.717) is 5.69 Å². The van der Waals surface area contributed by atoms with Gasteiger partial charge in [-0.1, -0.05) is 17.7 Å². The third-order valence-corrected chi connectivity index (χ3v) is 3.67. The van der Waals surface area contributed by atoms with Gasteiger partial charge in [-0.05, 0) is 31.2 Å². The molecule has 0 heterocycles. The number of benzene rings is 2. The van der Waals surface area contributed by atoms with Crippen molar-refractivity contribution in [3.05, 3.63) is 53.1 Å². The van der Waals surface area contributed by atoms with E-state index >= 15 is 0 Å². The average molecular weight is 384 g/mol. The lowest BCUT2D eigenvalue weighted by molar-refractivity contribution is -0.255. The molecule has 2 N–H and O–H groups in total. The summed E-state index contributed by atoms with van der Waals surface area (Å²) in [6, 6.07) is 9.74. The third-order valence-electron chi connectivity index (χ3n) is 3.67. The average Bonchev–Trinajstić information content (AvgIpc) is 2.68. The molecule has 0 aromatic heterocycles. The van der Waals surface area contributed by atoms with Crippen LogP contribution in [-0.4, -0.2) is 38.2 Å². The fraction of sp³-hybridized carbons (Fsp3) is 0.158. The smallest absolute Gasteiger partial charge is 0.329 e. The number of amides is 2. The van der Waals surface area contributed by atoms with Crippen molar-refractivity contribution < 1.29 is 29.0 Å². The summed E-state index contributed by atoms with van der Waals surface area (Å²) in [5.74, 6) is -3.31. The Kier molecular flexibility index (Phi) is 6.69. The Labute approximate surface area is 161 Å². The molecule has 0 bridgehead atoms. The molecule has 0 saturated heterocycles. The van der Waals surface area contributed by atoms with Gasteiger partial charge in [0.2, 0.25) is 0 Å². The summed E-state index contributed by atoms with van der Waals surface area (Å²) in [5.41, 5.74) is 3.28. The number of hydrogen-bond acceptors (Lipinski definition) is 7. The number of anilines is 1. The summed E-state index contributed by atoms with van der Waals surface area (Å²) in [7, 11) is 2.64. The molecule has 2 rings (SSSR count). The maximum atomic E-state index is 11.9. The molecule has 9 nitrogen and oxygen atoms in total. The molecule has 0 atom stereocenters. The molecule has 0 aliphatic rings. The molecule has 0 aliphatic heterocycles. The molecule has 0 unspecified atom stereocenters. The highest BCUT2D eigenvalue weighted by molar-refractivity contribution is 6.39. The lowest BCUT2D eigenvalue weighted by Crippen LogP contribution is -2.32. The zero-order valence-corrected chi connectivity index (χ0v) is 15.4. The molecule has 0 spiro atoms. The van der Waals surface area contributed by atoms with Crippen LogP contribution >= 0.6 is 0 Å². The molecular weight excluding hydrogens is 366 g/mol. The first-order chi connectivity index (χ1) is 13.4. The molecule has 2 amide bonds. The summed E-state index contributed by atoms with van der Waals surface area (Å²) in [6.45, 7) is 1.89. The van der Waals surface area contributed by atoms with Crippen molar-refractivity contribution in [2.24, 2.45) is 5.10 Å². The van der Waals surface area contributed by atoms with Crippen LogP contribution in [0, 0.1) is 6.92 Å². The van der Waals surface area contributed by atoms with E-state index in [1.165, 1.54) is 26.4 Å². The Hall–Kier alpha value is -3.88. The maximum absolute atomic E-state index is 11.9. The first-order valence-electron chi connectivity index (χ1n) is 8.04. The Balaban J connectivity index is 2.11. The van der Waals surface area contributed by atoms with Gasteiger partial charge in [-0.15, -0.1) is 0 Å². The van der Waals surface area contributed by atoms with Crippen LogP contribution in [0.1, 0.15) is 21.5 Å². The van der Waals surface area contributed by atoms with Crippen molar-refractivity contribution >= 4 is 29.7 Å². The number of nitrogens with one attached hydrogen (secondary N) is 2. The van der Waals surface area contributed by atoms with Crippen LogP contribution < -0.4 is 25.3 Å². The van der Waals surface area contributed by atoms with Crippen molar-refractivity contribution in [2.45, 2.75) is 6.92 Å². The number of rotatable bonds is 6. The second-order valence-corrected chi connectivity index (χ2v) is 5.57. The Morgan fingerprint density at radius 3 is 2.25 bits per heavy atom. The largest absolute Gasteiger partial charge is 0.545 e. The molecule has 146 valence electrons. The summed E-state index contributed by atoms with van der Waals surface area (Å²) in [6.07, 6.45) is 1.06. The van der Waals surface area contributed by atoms with E-state index in [0.717, 1.165) is 11.8 Å². The highest BCUT2D eigenvalue weighted by Crippen LogP contribution is 2.32. The van der Waals surface area contributed by atoms with Gasteiger partial charge in [0.1, 0.15) is 0 Å². The summed E-state index contributed by atoms with van der Waals surface area (Å²) in [4.78, 5) is 35.1. The van der Waals surface area contributed by atoms with E-state index in [2.05, 4.69) is 10.4 Å². The number of carbonyl (C=O) groups excluding carboxylic acids is 3. The number of carbonyl (C=O) groups is 3. The lowest BCUT2D eigenvalue weighted by Gasteiger charge is -2.15. The summed E-state index contributed by atoms with van der Waals surface area (Å²) < 4.78 is 10.1. The summed E-state index contributed by atoms with van der Waals surface area (Å²) >= 11 is 0. The molecular formula is C19H18N3O6-. The number of methoxy groups -OCH3 is 2. The van der Waals surface area contributed by atoms with Crippen LogP contribution in [-0.2, 0) is 9.59 Å². The number of ether oxygens (including phenoxy) is 2. The van der Waals surface area contributed by atoms with Gasteiger partial charge in [-0.2, -0.15) is 5.10 Å². The number of hydrogen-bond donors (Lipinski definition) is 2. The molecule has 2 aromatic rings. The molecule has 0 radical (unpaired) electrons. The zero-order chi connectivity index (χ0) is 20.7. The minimum atomic E-state index is -1.51. The van der Waals surface area contributed by atoms with Gasteiger partial charge < -0.3 is 24.7 Å². The van der Waals surface area contributed by atoms with E-state index < -0.39 is 17.8 Å². The van der Waals surface area contributed by atoms with Crippen LogP contribution in [0.25, 0.3) is 0 Å². The quantitative estimate of drug-likeness (QED) is 0.423. The third kappa shape index (κ3) is 4.85. The Bertz CT molecular complexity index is 922. The Morgan fingerprint density at radius 2 is 1.68 bits per heavy atom. The highest BCUT2D eigenvalue weighted by Gasteiger charge is 2.16. The molecule has 0 aliphatic carbocycles. The standard InChI is InChI=1S/C19H19N3O6/c1-11-4-7-13(8-5-11)21-17(23)18(24)22-20-10-12-6-9-14(27-2)16(28-3)15(12)19(25)26/h4-10H,1-3H3,(H,21,23)(H,22,24)(H,25,26)/p-1/b20-10-. The van der Waals surface area contributed by atoms with Crippen LogP contribution in [0.4, 0.5) is 5.69 Å². The predicted molar refractivity (Wildman–Crippen MR) is 99.4 cm³/mol. The van der Waals surface area contributed by atoms with Crippen molar-refractivity contribution in [1.29, 1.82) is 0 Å². The first-order valence-corrected chi connectivity index (χ1v) is 8.04. The van der Waals surface area contributed by atoms with Crippen LogP contribution in [0.3, 0.4) is 0 Å². The second kappa shape index (κ2) is 9.17. The second-order valence-electron chi connectivity index (χ2n) is 5.57. The van der Waals surface area contributed by atoms with Crippen molar-refractivity contribution in [2.75, 3.05) is 19.5 Å². The van der Waals surface area contributed by atoms with Crippen molar-refractivity contribution in [3.63, 3.8) is 0 Å². The molecule has 0 fully saturated rings. The Morgan fingerprint density at radius 1 is 1.00 bits per heavy atom. The topological polar surface area (TPSA) is 129 Å². The predicted octanol–water partition coefficient (Wildman–Crippen LogP) is 0.465. The number of carboxylic acid groups (broad SMARTS) is 1. The molecule has 0 saturated carbocycles. The monoisotopic (exact) mass is 384 g/mol. The van der Waals surface area contributed by atoms with Crippen LogP contribution in [0.5, 0.6) is 11.5 Å². The van der Waals surface area contributed by atoms with E-state index in [-0.39, 0.29) is 22.6 Å². The van der Waals surface area contributed by atoms with Gasteiger partial charge in [0.05, 0.1) is 32.0 Å². The van der Waals surface area contributed by atoms with E-state index in [1.807, 2.05) is 12.3 Å². The number of nitrogens with zero attached hydrogens (tertiary/aromatic N) is 1. The highest BCUT2D eigenvalue weighted by atomic mass is 16.5. The first kappa shape index (κ1) is 20.4. The maximum Gasteiger partial charge on any atom is 0.329 e. The van der Waals surface area contributed by atoms with Gasteiger partial charge in [0, 0.05) is 11.3 Å². The number of carboxylic acids is 1. The minimum Gasteiger partial charge on any atom is -0.545 e. The number of aromatic carboxylic acids is 1. The number of hydrazone groups is 1. The normalized spacial score (nSPS) is 10.4. The van der Waals surface area contributed by atoms with E-state index in [9.17, 15) is 19.5 Å².